The third kappa shape index (κ3) is 4.02. The summed E-state index contributed by atoms with van der Waals surface area (Å²) in [6, 6.07) is 22.0. The van der Waals surface area contributed by atoms with E-state index in [1.807, 2.05) is 42.5 Å². The molecule has 0 spiro atoms. The van der Waals surface area contributed by atoms with Gasteiger partial charge < -0.3 is 0 Å². The molecule has 0 aromatic heterocycles. The van der Waals surface area contributed by atoms with Crippen LogP contribution in [0.3, 0.4) is 0 Å². The van der Waals surface area contributed by atoms with Gasteiger partial charge in [-0.3, -0.25) is 0 Å². The van der Waals surface area contributed by atoms with Gasteiger partial charge in [0.1, 0.15) is 0 Å². The molecule has 3 atom stereocenters. The Kier molecular flexibility index (Phi) is 6.85. The van der Waals surface area contributed by atoms with Gasteiger partial charge in [0.25, 0.3) is 0 Å². The second-order valence-electron chi connectivity index (χ2n) is 8.79. The molecule has 38 heavy (non-hydrogen) atoms. The number of fused-ring (bicyclic) bond motifs is 3. The van der Waals surface area contributed by atoms with E-state index in [4.69, 9.17) is 14.2 Å². The van der Waals surface area contributed by atoms with Gasteiger partial charge in [0.15, 0.2) is 0 Å². The molecule has 2 aliphatic heterocycles. The van der Waals surface area contributed by atoms with Gasteiger partial charge in [0.2, 0.25) is 0 Å². The Bertz CT molecular complexity index is 1470. The molecule has 0 N–H and O–H groups in total. The SMILES string of the molecule is COC(=O)[C@@H]1C[C@@]2([Se]c3ccccc3)c3ccccc3N(S(=O)(=O)c3ccc(OC)cc3)[C@H]2N1C(=O)OC. The molecule has 11 heteroatoms. The summed E-state index contributed by atoms with van der Waals surface area (Å²) in [7, 11) is -0.244. The van der Waals surface area contributed by atoms with E-state index in [9.17, 15) is 18.0 Å². The van der Waals surface area contributed by atoms with E-state index in [1.54, 1.807) is 24.3 Å². The number of carbonyl (C=O) groups is 2. The van der Waals surface area contributed by atoms with Crippen LogP contribution in [-0.2, 0) is 28.6 Å². The van der Waals surface area contributed by atoms with Crippen LogP contribution in [0.5, 0.6) is 5.75 Å². The number of amides is 1. The first-order valence-electron chi connectivity index (χ1n) is 11.7. The number of benzene rings is 3. The number of sulfonamides is 1. The van der Waals surface area contributed by atoms with Crippen molar-refractivity contribution in [1.29, 1.82) is 0 Å². The molecule has 1 amide bonds. The number of likely N-dealkylation sites (tertiary alicyclic amines) is 1. The minimum atomic E-state index is -4.21. The molecular weight excluding hydrogens is 575 g/mol. The monoisotopic (exact) mass is 602 g/mol. The molecule has 3 aromatic rings. The molecule has 0 saturated carbocycles. The van der Waals surface area contributed by atoms with E-state index >= 15 is 0 Å². The first-order chi connectivity index (χ1) is 18.3. The van der Waals surface area contributed by atoms with E-state index in [-0.39, 0.29) is 11.3 Å². The predicted molar refractivity (Wildman–Crippen MR) is 141 cm³/mol. The van der Waals surface area contributed by atoms with E-state index in [2.05, 4.69) is 0 Å². The molecular formula is C27H26N2O7SSe. The predicted octanol–water partition coefficient (Wildman–Crippen LogP) is 2.47. The van der Waals surface area contributed by atoms with Crippen molar-refractivity contribution in [3.05, 3.63) is 84.4 Å². The van der Waals surface area contributed by atoms with Gasteiger partial charge >= 0.3 is 228 Å². The van der Waals surface area contributed by atoms with Crippen LogP contribution in [0.1, 0.15) is 12.0 Å². The number of hydrogen-bond acceptors (Lipinski definition) is 7. The number of hydrogen-bond donors (Lipinski definition) is 0. The molecule has 0 aliphatic carbocycles. The number of nitrogens with zero attached hydrogens (tertiary/aromatic N) is 2. The molecule has 9 nitrogen and oxygen atoms in total. The van der Waals surface area contributed by atoms with E-state index < -0.39 is 53.6 Å². The van der Waals surface area contributed by atoms with Crippen LogP contribution in [0, 0.1) is 0 Å². The minimum absolute atomic E-state index is 0.0300. The Morgan fingerprint density at radius 2 is 1.55 bits per heavy atom. The first-order valence-corrected chi connectivity index (χ1v) is 14.9. The van der Waals surface area contributed by atoms with Crippen molar-refractivity contribution in [3.8, 4) is 5.75 Å². The van der Waals surface area contributed by atoms with Crippen LogP contribution in [-0.4, -0.2) is 73.9 Å². The molecule has 2 aliphatic rings. The molecule has 1 fully saturated rings. The van der Waals surface area contributed by atoms with Gasteiger partial charge in [-0.15, -0.1) is 0 Å². The first kappa shape index (κ1) is 26.1. The normalized spacial score (nSPS) is 22.0. The van der Waals surface area contributed by atoms with Crippen LogP contribution in [0.2, 0.25) is 0 Å². The number of anilines is 1. The van der Waals surface area contributed by atoms with Crippen molar-refractivity contribution in [2.24, 2.45) is 0 Å². The molecule has 5 rings (SSSR count). The number of ether oxygens (including phenoxy) is 3. The van der Waals surface area contributed by atoms with Gasteiger partial charge in [0, 0.05) is 0 Å². The molecule has 0 bridgehead atoms. The van der Waals surface area contributed by atoms with Crippen molar-refractivity contribution in [2.45, 2.75) is 27.8 Å². The van der Waals surface area contributed by atoms with E-state index in [1.165, 1.54) is 42.7 Å². The third-order valence-corrected chi connectivity index (χ3v) is 11.7. The molecule has 3 aromatic carbocycles. The molecule has 198 valence electrons. The summed E-state index contributed by atoms with van der Waals surface area (Å²) in [6.07, 6.45) is -1.68. The number of rotatable bonds is 6. The third-order valence-electron chi connectivity index (χ3n) is 6.85. The molecule has 0 radical (unpaired) electrons. The Labute approximate surface area is 227 Å². The summed E-state index contributed by atoms with van der Waals surface area (Å²) < 4.78 is 45.4. The van der Waals surface area contributed by atoms with Gasteiger partial charge in [0.05, 0.1) is 0 Å². The van der Waals surface area contributed by atoms with Gasteiger partial charge in [-0.05, 0) is 0 Å². The van der Waals surface area contributed by atoms with Crippen molar-refractivity contribution < 1.29 is 32.2 Å². The number of esters is 1. The van der Waals surface area contributed by atoms with Gasteiger partial charge in [-0.2, -0.15) is 0 Å². The average molecular weight is 602 g/mol. The zero-order valence-electron chi connectivity index (χ0n) is 20.9. The summed E-state index contributed by atoms with van der Waals surface area (Å²) in [5.41, 5.74) is 1.22. The zero-order valence-corrected chi connectivity index (χ0v) is 23.5. The summed E-state index contributed by atoms with van der Waals surface area (Å²) in [6.45, 7) is 0. The van der Waals surface area contributed by atoms with Crippen molar-refractivity contribution >= 4 is 47.2 Å². The van der Waals surface area contributed by atoms with Crippen molar-refractivity contribution in [3.63, 3.8) is 0 Å². The molecule has 0 unspecified atom stereocenters. The van der Waals surface area contributed by atoms with Crippen molar-refractivity contribution in [1.82, 2.24) is 4.90 Å². The maximum atomic E-state index is 14.3. The zero-order chi connectivity index (χ0) is 27.1. The van der Waals surface area contributed by atoms with Crippen LogP contribution < -0.4 is 13.5 Å². The average Bonchev–Trinajstić information content (AvgIpc) is 3.42. The van der Waals surface area contributed by atoms with Gasteiger partial charge in [-0.25, -0.2) is 0 Å². The van der Waals surface area contributed by atoms with E-state index in [0.717, 1.165) is 10.0 Å². The number of methoxy groups -OCH3 is 3. The molecule has 2 heterocycles. The van der Waals surface area contributed by atoms with E-state index in [0.29, 0.717) is 11.4 Å². The van der Waals surface area contributed by atoms with Crippen molar-refractivity contribution in [2.75, 3.05) is 25.6 Å². The number of para-hydroxylation sites is 1. The van der Waals surface area contributed by atoms with Crippen LogP contribution in [0.4, 0.5) is 10.5 Å². The fourth-order valence-electron chi connectivity index (χ4n) is 5.23. The fraction of sp³-hybridized carbons (Fsp3) is 0.259. The second-order valence-corrected chi connectivity index (χ2v) is 13.6. The second kappa shape index (κ2) is 9.98. The summed E-state index contributed by atoms with van der Waals surface area (Å²) in [4.78, 5) is 27.6. The Morgan fingerprint density at radius 3 is 2.18 bits per heavy atom. The Hall–Kier alpha value is -3.53. The maximum absolute atomic E-state index is 14.3. The Balaban J connectivity index is 1.77. The van der Waals surface area contributed by atoms with Crippen LogP contribution in [0.25, 0.3) is 0 Å². The topological polar surface area (TPSA) is 102 Å². The number of carbonyl (C=O) groups excluding carboxylic acids is 2. The molecule has 1 saturated heterocycles. The summed E-state index contributed by atoms with van der Waals surface area (Å²) in [5, 5.41) is 0. The summed E-state index contributed by atoms with van der Waals surface area (Å²) >= 11 is -0.395. The Morgan fingerprint density at radius 1 is 0.895 bits per heavy atom. The fourth-order valence-corrected chi connectivity index (χ4v) is 10.3. The van der Waals surface area contributed by atoms with Crippen LogP contribution in [0.15, 0.2) is 83.8 Å². The van der Waals surface area contributed by atoms with Gasteiger partial charge in [-0.1, -0.05) is 0 Å². The quantitative estimate of drug-likeness (QED) is 0.316. The standard InChI is InChI=1S/C27H26N2O7SSe/c1-34-18-13-15-19(16-14-18)37(32,33)29-22-12-8-7-11-21(22)27(38-20-9-5-4-6-10-20)17-23(24(30)35-2)28(25(27)29)26(31)36-3/h4-16,23,25H,17H2,1-3H3/t23-,25+,27+/m0/s1. The van der Waals surface area contributed by atoms with Crippen LogP contribution >= 0.6 is 0 Å². The summed E-state index contributed by atoms with van der Waals surface area (Å²) in [5.74, 6) is -0.123.